The molecule has 224 valence electrons. The number of nitro benzene ring substituents is 1. The molecule has 41 heavy (non-hydrogen) atoms. The number of likely N-dealkylation sites (N-methyl/N-ethyl adjacent to an activating group) is 1. The van der Waals surface area contributed by atoms with Crippen molar-refractivity contribution in [3.8, 4) is 5.75 Å². The number of anilines is 1. The van der Waals surface area contributed by atoms with E-state index >= 15 is 0 Å². The molecule has 0 saturated heterocycles. The predicted molar refractivity (Wildman–Crippen MR) is 139 cm³/mol. The first-order chi connectivity index (χ1) is 18.7. The molecule has 1 fully saturated rings. The Kier molecular flexibility index (Phi) is 7.96. The molecular formula is C23H28N4O13S. The van der Waals surface area contributed by atoms with Gasteiger partial charge in [-0.1, -0.05) is 0 Å². The molecule has 3 aliphatic carbocycles. The summed E-state index contributed by atoms with van der Waals surface area (Å²) in [5, 5.41) is 55.8. The van der Waals surface area contributed by atoms with Gasteiger partial charge in [-0.25, -0.2) is 0 Å². The lowest BCUT2D eigenvalue weighted by atomic mass is 9.57. The minimum Gasteiger partial charge on any atom is -0.508 e. The lowest BCUT2D eigenvalue weighted by Crippen LogP contribution is -2.65. The highest BCUT2D eigenvalue weighted by Gasteiger charge is 2.64. The Morgan fingerprint density at radius 1 is 1.15 bits per heavy atom. The Morgan fingerprint density at radius 3 is 2.12 bits per heavy atom. The van der Waals surface area contributed by atoms with E-state index in [4.69, 9.17) is 23.3 Å². The third kappa shape index (κ3) is 5.10. The molecular weight excluding hydrogens is 572 g/mol. The first-order valence-electron chi connectivity index (χ1n) is 11.7. The van der Waals surface area contributed by atoms with E-state index in [1.807, 2.05) is 0 Å². The summed E-state index contributed by atoms with van der Waals surface area (Å²) in [6.45, 7) is 0. The first kappa shape index (κ1) is 31.4. The van der Waals surface area contributed by atoms with E-state index in [-0.39, 0.29) is 24.0 Å². The van der Waals surface area contributed by atoms with Gasteiger partial charge in [0.2, 0.25) is 11.5 Å². The zero-order valence-electron chi connectivity index (χ0n) is 22.1. The molecule has 1 amide bonds. The van der Waals surface area contributed by atoms with Crippen molar-refractivity contribution in [2.45, 2.75) is 24.5 Å². The Hall–Kier alpha value is -4.10. The number of benzene rings is 1. The van der Waals surface area contributed by atoms with Crippen molar-refractivity contribution in [2.24, 2.45) is 17.6 Å². The number of carbonyl (C=O) groups is 3. The van der Waals surface area contributed by atoms with Crippen LogP contribution in [0.1, 0.15) is 17.5 Å². The number of aliphatic hydroxyl groups is 3. The van der Waals surface area contributed by atoms with E-state index in [0.717, 1.165) is 6.07 Å². The van der Waals surface area contributed by atoms with Crippen LogP contribution in [0.5, 0.6) is 5.75 Å². The fourth-order valence-electron chi connectivity index (χ4n) is 5.82. The maximum absolute atomic E-state index is 13.8. The quantitative estimate of drug-likeness (QED) is 0.0972. The van der Waals surface area contributed by atoms with Crippen LogP contribution in [-0.4, -0.2) is 105 Å². The maximum atomic E-state index is 13.8. The summed E-state index contributed by atoms with van der Waals surface area (Å²) >= 11 is 0. The molecule has 0 heterocycles. The van der Waals surface area contributed by atoms with Crippen LogP contribution in [0.4, 0.5) is 11.4 Å². The van der Waals surface area contributed by atoms with Crippen molar-refractivity contribution in [3.05, 3.63) is 44.2 Å². The largest absolute Gasteiger partial charge is 0.508 e. The van der Waals surface area contributed by atoms with Crippen LogP contribution in [0.25, 0.3) is 5.76 Å². The van der Waals surface area contributed by atoms with Gasteiger partial charge >= 0.3 is 16.1 Å². The summed E-state index contributed by atoms with van der Waals surface area (Å²) in [4.78, 5) is 52.5. The molecule has 18 heteroatoms. The van der Waals surface area contributed by atoms with Gasteiger partial charge in [-0.3, -0.25) is 38.5 Å². The van der Waals surface area contributed by atoms with Crippen LogP contribution >= 0.6 is 0 Å². The van der Waals surface area contributed by atoms with E-state index in [1.165, 1.54) is 19.0 Å². The summed E-state index contributed by atoms with van der Waals surface area (Å²) in [5.74, 6) is -8.16. The smallest absolute Gasteiger partial charge is 0.394 e. The van der Waals surface area contributed by atoms with Crippen molar-refractivity contribution in [3.63, 3.8) is 0 Å². The standard InChI is InChI=1S/C23H26N4O9.H2O4S/c1-25(2)11-7-12(27(35)36)17(28)14-9(11)5-8-6-10-16(26(3)4)19(30)15(22(24)33)21(32)23(10,34)20(31)13(8)18(14)29;1-5(2,3)4/h7-8,10,16,28-29,32,34H,5-6H2,1-4H3,(H2,24,33);(H2,1,2,3,4)/t8?,10?,16-,23?;/m0./s1. The number of primary amides is 1. The molecule has 3 unspecified atom stereocenters. The fourth-order valence-corrected chi connectivity index (χ4v) is 5.82. The monoisotopic (exact) mass is 600 g/mol. The second-order valence-electron chi connectivity index (χ2n) is 10.2. The molecule has 1 saturated carbocycles. The zero-order chi connectivity index (χ0) is 31.5. The minimum atomic E-state index is -4.67. The number of fused-ring (bicyclic) bond motifs is 3. The van der Waals surface area contributed by atoms with Crippen molar-refractivity contribution >= 4 is 45.0 Å². The normalized spacial score (nSPS) is 25.6. The number of aromatic hydroxyl groups is 1. The minimum absolute atomic E-state index is 0.0353. The van der Waals surface area contributed by atoms with E-state index in [0.29, 0.717) is 11.3 Å². The highest BCUT2D eigenvalue weighted by atomic mass is 32.3. The van der Waals surface area contributed by atoms with Crippen molar-refractivity contribution < 1.29 is 57.3 Å². The highest BCUT2D eigenvalue weighted by molar-refractivity contribution is 7.79. The highest BCUT2D eigenvalue weighted by Crippen LogP contribution is 2.54. The van der Waals surface area contributed by atoms with E-state index < -0.39 is 84.8 Å². The molecule has 4 atom stereocenters. The predicted octanol–water partition coefficient (Wildman–Crippen LogP) is -0.715. The second-order valence-corrected chi connectivity index (χ2v) is 11.1. The van der Waals surface area contributed by atoms with Crippen LogP contribution in [0, 0.1) is 22.0 Å². The zero-order valence-corrected chi connectivity index (χ0v) is 22.9. The first-order valence-corrected chi connectivity index (χ1v) is 13.1. The molecule has 3 aliphatic rings. The number of aliphatic hydroxyl groups excluding tert-OH is 2. The summed E-state index contributed by atoms with van der Waals surface area (Å²) in [6, 6.07) is -0.0329. The summed E-state index contributed by atoms with van der Waals surface area (Å²) in [5.41, 5.74) is 0.875. The summed E-state index contributed by atoms with van der Waals surface area (Å²) in [6.07, 6.45) is -0.0377. The van der Waals surface area contributed by atoms with Gasteiger partial charge in [0.15, 0.2) is 11.4 Å². The van der Waals surface area contributed by atoms with E-state index in [9.17, 15) is 44.9 Å². The topological polar surface area (TPSA) is 282 Å². The molecule has 0 aliphatic heterocycles. The number of nitro groups is 1. The number of nitrogens with zero attached hydrogens (tertiary/aromatic N) is 3. The van der Waals surface area contributed by atoms with Crippen molar-refractivity contribution in [1.29, 1.82) is 0 Å². The third-order valence-electron chi connectivity index (χ3n) is 7.36. The number of amides is 1. The van der Waals surface area contributed by atoms with E-state index in [1.54, 1.807) is 19.0 Å². The SMILES string of the molecule is CN(C)c1cc([N+](=O)[O-])c(O)c2c1CC1CC3[C@H](N(C)C)C(=O)C(C(N)=O)=C(O)C3(O)C(=O)C1=C2O.O=S(=O)(O)O. The molecule has 8 N–H and O–H groups in total. The van der Waals surface area contributed by atoms with E-state index in [2.05, 4.69) is 0 Å². The molecule has 17 nitrogen and oxygen atoms in total. The van der Waals surface area contributed by atoms with Crippen LogP contribution in [0.2, 0.25) is 0 Å². The van der Waals surface area contributed by atoms with Gasteiger partial charge in [0.25, 0.3) is 5.91 Å². The third-order valence-corrected chi connectivity index (χ3v) is 7.36. The molecule has 0 radical (unpaired) electrons. The average Bonchev–Trinajstić information content (AvgIpc) is 2.79. The van der Waals surface area contributed by atoms with Crippen LogP contribution < -0.4 is 10.6 Å². The van der Waals surface area contributed by atoms with Gasteiger partial charge in [-0.15, -0.1) is 0 Å². The number of carbonyl (C=O) groups excluding carboxylic acids is 3. The molecule has 0 spiro atoms. The Morgan fingerprint density at radius 2 is 1.68 bits per heavy atom. The number of phenolic OH excluding ortho intramolecular Hbond substituents is 1. The van der Waals surface area contributed by atoms with Crippen LogP contribution in [0.3, 0.4) is 0 Å². The number of ketones is 2. The van der Waals surface area contributed by atoms with Gasteiger partial charge in [0.05, 0.1) is 16.5 Å². The molecule has 0 aromatic heterocycles. The van der Waals surface area contributed by atoms with Crippen LogP contribution in [0.15, 0.2) is 23.0 Å². The number of phenols is 1. The summed E-state index contributed by atoms with van der Waals surface area (Å²) in [7, 11) is 1.59. The van der Waals surface area contributed by atoms with Crippen molar-refractivity contribution in [1.82, 2.24) is 4.90 Å². The van der Waals surface area contributed by atoms with Crippen LogP contribution in [-0.2, 0) is 31.2 Å². The Balaban J connectivity index is 0.000000850. The number of Topliss-reactive ketones (excluding diaryl/α,β-unsaturated/α-hetero) is 2. The van der Waals surface area contributed by atoms with Gasteiger partial charge < -0.3 is 31.1 Å². The Labute approximate surface area is 232 Å². The van der Waals surface area contributed by atoms with Gasteiger partial charge in [-0.05, 0) is 38.4 Å². The summed E-state index contributed by atoms with van der Waals surface area (Å²) < 4.78 is 31.6. The number of nitrogens with two attached hydrogens (primary N) is 1. The molecule has 4 rings (SSSR count). The fraction of sp³-hybridized carbons (Fsp3) is 0.435. The Bertz CT molecular complexity index is 1540. The maximum Gasteiger partial charge on any atom is 0.394 e. The van der Waals surface area contributed by atoms with Gasteiger partial charge in [0, 0.05) is 37.3 Å². The van der Waals surface area contributed by atoms with Crippen molar-refractivity contribution in [2.75, 3.05) is 33.1 Å². The number of hydrogen-bond acceptors (Lipinski definition) is 13. The number of hydrogen-bond donors (Lipinski definition) is 7. The second kappa shape index (κ2) is 10.4. The molecule has 1 aromatic rings. The lowest BCUT2D eigenvalue weighted by Gasteiger charge is -2.50. The molecule has 1 aromatic carbocycles. The lowest BCUT2D eigenvalue weighted by molar-refractivity contribution is -0.385. The van der Waals surface area contributed by atoms with Gasteiger partial charge in [-0.2, -0.15) is 8.42 Å². The van der Waals surface area contributed by atoms with Gasteiger partial charge in [0.1, 0.15) is 17.1 Å². The average molecular weight is 601 g/mol. The molecule has 0 bridgehead atoms. The number of rotatable bonds is 4.